The Bertz CT molecular complexity index is 669. The van der Waals surface area contributed by atoms with E-state index in [1.807, 2.05) is 13.8 Å². The van der Waals surface area contributed by atoms with Crippen LogP contribution in [0.2, 0.25) is 0 Å². The van der Waals surface area contributed by atoms with Crippen LogP contribution in [0.4, 0.5) is 0 Å². The summed E-state index contributed by atoms with van der Waals surface area (Å²) >= 11 is 1.52. The Morgan fingerprint density at radius 3 is 2.38 bits per heavy atom. The first-order valence-electron chi connectivity index (χ1n) is 10.3. The minimum Gasteiger partial charge on any atom is -0.427 e. The molecular formula is C21H33NO6S. The minimum absolute atomic E-state index is 0.106. The van der Waals surface area contributed by atoms with Crippen LogP contribution in [-0.4, -0.2) is 51.5 Å². The van der Waals surface area contributed by atoms with Crippen molar-refractivity contribution in [3.05, 3.63) is 0 Å². The predicted octanol–water partition coefficient (Wildman–Crippen LogP) is 3.29. The van der Waals surface area contributed by atoms with Crippen molar-refractivity contribution in [3.63, 3.8) is 0 Å². The summed E-state index contributed by atoms with van der Waals surface area (Å²) in [5.41, 5.74) is -0.690. The van der Waals surface area contributed by atoms with Crippen molar-refractivity contribution in [3.8, 4) is 0 Å². The number of carbonyl (C=O) groups excluding carboxylic acids is 4. The van der Waals surface area contributed by atoms with E-state index in [-0.39, 0.29) is 29.4 Å². The van der Waals surface area contributed by atoms with E-state index >= 15 is 0 Å². The van der Waals surface area contributed by atoms with Gasteiger partial charge in [0.1, 0.15) is 11.8 Å². The fraction of sp³-hybridized carbons (Fsp3) is 0.810. The Kier molecular flexibility index (Phi) is 7.41. The molecule has 0 radical (unpaired) electrons. The highest BCUT2D eigenvalue weighted by molar-refractivity contribution is 8.01. The van der Waals surface area contributed by atoms with E-state index in [0.717, 1.165) is 19.3 Å². The second-order valence-electron chi connectivity index (χ2n) is 9.33. The topological polar surface area (TPSA) is 90.0 Å². The monoisotopic (exact) mass is 427 g/mol. The first kappa shape index (κ1) is 23.7. The highest BCUT2D eigenvalue weighted by atomic mass is 32.2. The fourth-order valence-corrected chi connectivity index (χ4v) is 5.29. The fourth-order valence-electron chi connectivity index (χ4n) is 3.62. The largest absolute Gasteiger partial charge is 0.427 e. The van der Waals surface area contributed by atoms with Crippen molar-refractivity contribution in [2.24, 2.45) is 11.3 Å². The number of hydrogen-bond donors (Lipinski definition) is 0. The number of rotatable bonds is 9. The molecular weight excluding hydrogens is 394 g/mol. The van der Waals surface area contributed by atoms with Crippen LogP contribution in [0.1, 0.15) is 73.6 Å². The highest BCUT2D eigenvalue weighted by Gasteiger charge is 2.64. The smallest absolute Gasteiger partial charge is 0.333 e. The summed E-state index contributed by atoms with van der Waals surface area (Å²) in [6, 6.07) is -0.759. The van der Waals surface area contributed by atoms with Crippen molar-refractivity contribution < 1.29 is 28.7 Å². The molecule has 0 aliphatic carbocycles. The number of ether oxygens (including phenoxy) is 2. The lowest BCUT2D eigenvalue weighted by molar-refractivity contribution is -0.181. The summed E-state index contributed by atoms with van der Waals surface area (Å²) in [5.74, 6) is -1.50. The second-order valence-corrected chi connectivity index (χ2v) is 11.1. The molecule has 0 saturated carbocycles. The number of carbonyl (C=O) groups is 4. The van der Waals surface area contributed by atoms with E-state index in [1.54, 1.807) is 20.8 Å². The molecule has 1 amide bonds. The Balaban J connectivity index is 1.93. The van der Waals surface area contributed by atoms with Crippen LogP contribution in [0, 0.1) is 11.3 Å². The first-order valence-corrected chi connectivity index (χ1v) is 11.1. The molecule has 0 bridgehead atoms. The van der Waals surface area contributed by atoms with Gasteiger partial charge in [0, 0.05) is 17.6 Å². The number of nitrogens with zero attached hydrogens (tertiary/aromatic N) is 1. The summed E-state index contributed by atoms with van der Waals surface area (Å²) in [6.45, 7) is 10.5. The maximum absolute atomic E-state index is 12.7. The molecule has 0 N–H and O–H groups in total. The SMILES string of the molecule is CCCCCC(=O)C[C@H]1C(=O)N2[C@@H]1SC(C)(C)[C@@H]2C(=O)OCOC(=O)C(C)(C)C. The normalized spacial score (nSPS) is 25.2. The van der Waals surface area contributed by atoms with Crippen LogP contribution in [0.3, 0.4) is 0 Å². The molecule has 164 valence electrons. The Labute approximate surface area is 177 Å². The van der Waals surface area contributed by atoms with Crippen LogP contribution in [0.5, 0.6) is 0 Å². The van der Waals surface area contributed by atoms with Gasteiger partial charge in [0.15, 0.2) is 0 Å². The zero-order chi connectivity index (χ0) is 22.0. The maximum Gasteiger partial charge on any atom is 0.333 e. The van der Waals surface area contributed by atoms with E-state index in [4.69, 9.17) is 9.47 Å². The van der Waals surface area contributed by atoms with Crippen LogP contribution in [0.25, 0.3) is 0 Å². The molecule has 0 aromatic rings. The van der Waals surface area contributed by atoms with Gasteiger partial charge < -0.3 is 14.4 Å². The average Bonchev–Trinajstić information content (AvgIpc) is 2.87. The van der Waals surface area contributed by atoms with Crippen LogP contribution < -0.4 is 0 Å². The Morgan fingerprint density at radius 2 is 1.79 bits per heavy atom. The van der Waals surface area contributed by atoms with Crippen LogP contribution in [-0.2, 0) is 28.7 Å². The lowest BCUT2D eigenvalue weighted by atomic mass is 9.87. The third-order valence-corrected chi connectivity index (χ3v) is 6.91. The molecule has 2 aliphatic heterocycles. The molecule has 2 saturated heterocycles. The molecule has 8 heteroatoms. The second kappa shape index (κ2) is 9.06. The number of hydrogen-bond acceptors (Lipinski definition) is 7. The summed E-state index contributed by atoms with van der Waals surface area (Å²) in [6.07, 6.45) is 3.65. The van der Waals surface area contributed by atoms with Gasteiger partial charge >= 0.3 is 11.9 Å². The first-order chi connectivity index (χ1) is 13.4. The molecule has 3 atom stereocenters. The van der Waals surface area contributed by atoms with Crippen molar-refractivity contribution in [2.45, 2.75) is 89.8 Å². The molecule has 2 rings (SSSR count). The van der Waals surface area contributed by atoms with E-state index in [9.17, 15) is 19.2 Å². The predicted molar refractivity (Wildman–Crippen MR) is 110 cm³/mol. The van der Waals surface area contributed by atoms with Crippen LogP contribution in [0.15, 0.2) is 0 Å². The van der Waals surface area contributed by atoms with Crippen molar-refractivity contribution >= 4 is 35.4 Å². The molecule has 0 spiro atoms. The van der Waals surface area contributed by atoms with Crippen molar-refractivity contribution in [1.29, 1.82) is 0 Å². The van der Waals surface area contributed by atoms with E-state index in [1.165, 1.54) is 16.7 Å². The number of unbranched alkanes of at least 4 members (excludes halogenated alkanes) is 2. The zero-order valence-electron chi connectivity index (χ0n) is 18.3. The quantitative estimate of drug-likeness (QED) is 0.241. The molecule has 0 aromatic heterocycles. The van der Waals surface area contributed by atoms with E-state index in [2.05, 4.69) is 6.92 Å². The van der Waals surface area contributed by atoms with Crippen LogP contribution >= 0.6 is 11.8 Å². The molecule has 7 nitrogen and oxygen atoms in total. The molecule has 0 aromatic carbocycles. The number of Topliss-reactive ketones (excluding diaryl/α,β-unsaturated/α-hetero) is 1. The van der Waals surface area contributed by atoms with Gasteiger partial charge in [-0.25, -0.2) is 4.79 Å². The third kappa shape index (κ3) is 5.32. The van der Waals surface area contributed by atoms with Gasteiger partial charge in [-0.05, 0) is 41.0 Å². The van der Waals surface area contributed by atoms with Gasteiger partial charge in [-0.3, -0.25) is 14.4 Å². The molecule has 2 heterocycles. The summed E-state index contributed by atoms with van der Waals surface area (Å²) in [5, 5.41) is -0.192. The number of thioether (sulfide) groups is 1. The van der Waals surface area contributed by atoms with Gasteiger partial charge in [-0.1, -0.05) is 19.8 Å². The summed E-state index contributed by atoms with van der Waals surface area (Å²) < 4.78 is 9.60. The standard InChI is InChI=1S/C21H33NO6S/c1-7-8-9-10-13(23)11-14-16(24)22-15(21(5,6)29-17(14)22)18(25)27-12-28-19(26)20(2,3)4/h14-15,17H,7-12H2,1-6H3/t14-,15-,17+/m0/s1. The number of ketones is 1. The minimum atomic E-state index is -0.759. The summed E-state index contributed by atoms with van der Waals surface area (Å²) in [4.78, 5) is 50.9. The van der Waals surface area contributed by atoms with Crippen molar-refractivity contribution in [1.82, 2.24) is 4.90 Å². The number of esters is 2. The number of amides is 1. The average molecular weight is 428 g/mol. The lowest BCUT2D eigenvalue weighted by Gasteiger charge is -2.43. The van der Waals surface area contributed by atoms with Gasteiger partial charge in [0.05, 0.1) is 16.7 Å². The molecule has 0 unspecified atom stereocenters. The Morgan fingerprint density at radius 1 is 1.14 bits per heavy atom. The third-order valence-electron chi connectivity index (χ3n) is 5.28. The molecule has 2 fully saturated rings. The van der Waals surface area contributed by atoms with E-state index in [0.29, 0.717) is 6.42 Å². The van der Waals surface area contributed by atoms with Gasteiger partial charge in [0.25, 0.3) is 0 Å². The van der Waals surface area contributed by atoms with E-state index < -0.39 is 34.9 Å². The highest BCUT2D eigenvalue weighted by Crippen LogP contribution is 2.54. The number of fused-ring (bicyclic) bond motifs is 1. The van der Waals surface area contributed by atoms with Gasteiger partial charge in [-0.15, -0.1) is 11.8 Å². The summed E-state index contributed by atoms with van der Waals surface area (Å²) in [7, 11) is 0. The molecule has 29 heavy (non-hydrogen) atoms. The Hall–Kier alpha value is -1.57. The molecule has 2 aliphatic rings. The van der Waals surface area contributed by atoms with Gasteiger partial charge in [-0.2, -0.15) is 0 Å². The number of β-lactam (4-membered cyclic amide) rings is 1. The lowest BCUT2D eigenvalue weighted by Crippen LogP contribution is -2.63. The van der Waals surface area contributed by atoms with Crippen molar-refractivity contribution in [2.75, 3.05) is 6.79 Å². The zero-order valence-corrected chi connectivity index (χ0v) is 19.1. The van der Waals surface area contributed by atoms with Gasteiger partial charge in [0.2, 0.25) is 12.7 Å². The maximum atomic E-state index is 12.7.